The third-order valence-electron chi connectivity index (χ3n) is 3.64. The molecule has 1 saturated heterocycles. The van der Waals surface area contributed by atoms with Crippen LogP contribution in [0.4, 0.5) is 19.3 Å². The second kappa shape index (κ2) is 7.93. The van der Waals surface area contributed by atoms with Gasteiger partial charge in [-0.05, 0) is 18.6 Å². The number of urea groups is 1. The Bertz CT molecular complexity index is 506. The normalized spacial score (nSPS) is 15.0. The quantitative estimate of drug-likeness (QED) is 0.844. The van der Waals surface area contributed by atoms with Crippen LogP contribution >= 0.6 is 0 Å². The lowest BCUT2D eigenvalue weighted by Gasteiger charge is -2.36. The Kier molecular flexibility index (Phi) is 5.94. The Morgan fingerprint density at radius 1 is 1.23 bits per heavy atom. The largest absolute Gasteiger partial charge is 0.385 e. The molecule has 1 heterocycles. The van der Waals surface area contributed by atoms with E-state index in [1.54, 1.807) is 18.1 Å². The number of anilines is 1. The molecule has 0 unspecified atom stereocenters. The van der Waals surface area contributed by atoms with Gasteiger partial charge in [-0.1, -0.05) is 0 Å². The van der Waals surface area contributed by atoms with E-state index in [0.717, 1.165) is 12.5 Å². The molecule has 0 spiro atoms. The van der Waals surface area contributed by atoms with Crippen LogP contribution in [0.2, 0.25) is 0 Å². The SMILES string of the molecule is COCCCNC(=O)N1CCN(c2ccc(F)c(F)c2)CC1. The van der Waals surface area contributed by atoms with Gasteiger partial charge in [0.2, 0.25) is 0 Å². The number of rotatable bonds is 5. The molecular formula is C15H21F2N3O2. The number of carbonyl (C=O) groups is 1. The standard InChI is InChI=1S/C15H21F2N3O2/c1-22-10-2-5-18-15(21)20-8-6-19(7-9-20)12-3-4-13(16)14(17)11-12/h3-4,11H,2,5-10H2,1H3,(H,18,21). The highest BCUT2D eigenvalue weighted by atomic mass is 19.2. The Hall–Kier alpha value is -1.89. The molecule has 1 aromatic rings. The van der Waals surface area contributed by atoms with Crippen molar-refractivity contribution in [3.63, 3.8) is 0 Å². The molecule has 0 aromatic heterocycles. The Morgan fingerprint density at radius 2 is 1.95 bits per heavy atom. The molecule has 0 bridgehead atoms. The van der Waals surface area contributed by atoms with Crippen LogP contribution < -0.4 is 10.2 Å². The highest BCUT2D eigenvalue weighted by molar-refractivity contribution is 5.74. The average Bonchev–Trinajstić information content (AvgIpc) is 2.54. The molecular weight excluding hydrogens is 292 g/mol. The van der Waals surface area contributed by atoms with E-state index < -0.39 is 11.6 Å². The zero-order valence-electron chi connectivity index (χ0n) is 12.6. The zero-order valence-corrected chi connectivity index (χ0v) is 12.6. The monoisotopic (exact) mass is 313 g/mol. The second-order valence-corrected chi connectivity index (χ2v) is 5.15. The summed E-state index contributed by atoms with van der Waals surface area (Å²) in [5.41, 5.74) is 0.638. The van der Waals surface area contributed by atoms with Gasteiger partial charge in [0.05, 0.1) is 0 Å². The number of amides is 2. The summed E-state index contributed by atoms with van der Waals surface area (Å²) in [5.74, 6) is -1.70. The molecule has 1 N–H and O–H groups in total. The zero-order chi connectivity index (χ0) is 15.9. The molecule has 1 aromatic carbocycles. The van der Waals surface area contributed by atoms with Gasteiger partial charge in [0.15, 0.2) is 11.6 Å². The van der Waals surface area contributed by atoms with Crippen molar-refractivity contribution in [2.75, 3.05) is 51.3 Å². The summed E-state index contributed by atoms with van der Waals surface area (Å²) in [5, 5.41) is 2.84. The van der Waals surface area contributed by atoms with Gasteiger partial charge in [0.1, 0.15) is 0 Å². The molecule has 0 aliphatic carbocycles. The fourth-order valence-corrected chi connectivity index (χ4v) is 2.37. The van der Waals surface area contributed by atoms with E-state index in [0.29, 0.717) is 45.0 Å². The molecule has 1 aliphatic rings. The van der Waals surface area contributed by atoms with Gasteiger partial charge in [-0.25, -0.2) is 13.6 Å². The molecule has 0 saturated carbocycles. The predicted molar refractivity (Wildman–Crippen MR) is 80.0 cm³/mol. The lowest BCUT2D eigenvalue weighted by atomic mass is 10.2. The number of piperazine rings is 1. The van der Waals surface area contributed by atoms with E-state index >= 15 is 0 Å². The molecule has 0 radical (unpaired) electrons. The van der Waals surface area contributed by atoms with Crippen molar-refractivity contribution in [2.45, 2.75) is 6.42 Å². The summed E-state index contributed by atoms with van der Waals surface area (Å²) in [4.78, 5) is 15.6. The molecule has 2 rings (SSSR count). The maximum absolute atomic E-state index is 13.3. The summed E-state index contributed by atoms with van der Waals surface area (Å²) in [6.07, 6.45) is 0.775. The molecule has 122 valence electrons. The molecule has 7 heteroatoms. The number of methoxy groups -OCH3 is 1. The summed E-state index contributed by atoms with van der Waals surface area (Å²) in [6, 6.07) is 3.77. The molecule has 1 aliphatic heterocycles. The van der Waals surface area contributed by atoms with Gasteiger partial charge in [-0.15, -0.1) is 0 Å². The van der Waals surface area contributed by atoms with Gasteiger partial charge in [0, 0.05) is 58.2 Å². The number of halogens is 2. The van der Waals surface area contributed by atoms with Crippen molar-refractivity contribution >= 4 is 11.7 Å². The highest BCUT2D eigenvalue weighted by Gasteiger charge is 2.21. The van der Waals surface area contributed by atoms with Crippen molar-refractivity contribution in [2.24, 2.45) is 0 Å². The summed E-state index contributed by atoms with van der Waals surface area (Å²) in [7, 11) is 1.62. The third kappa shape index (κ3) is 4.30. The van der Waals surface area contributed by atoms with Crippen LogP contribution in [0.25, 0.3) is 0 Å². The molecule has 22 heavy (non-hydrogen) atoms. The van der Waals surface area contributed by atoms with Gasteiger partial charge < -0.3 is 19.9 Å². The molecule has 0 atom stereocenters. The lowest BCUT2D eigenvalue weighted by molar-refractivity contribution is 0.183. The first kappa shape index (κ1) is 16.5. The molecule has 5 nitrogen and oxygen atoms in total. The fraction of sp³-hybridized carbons (Fsp3) is 0.533. The van der Waals surface area contributed by atoms with Gasteiger partial charge in [-0.3, -0.25) is 0 Å². The van der Waals surface area contributed by atoms with E-state index in [1.165, 1.54) is 6.07 Å². The average molecular weight is 313 g/mol. The van der Waals surface area contributed by atoms with Crippen molar-refractivity contribution in [3.8, 4) is 0 Å². The molecule has 2 amide bonds. The van der Waals surface area contributed by atoms with Crippen LogP contribution in [0.15, 0.2) is 18.2 Å². The summed E-state index contributed by atoms with van der Waals surface area (Å²) < 4.78 is 31.1. The number of benzene rings is 1. The fourth-order valence-electron chi connectivity index (χ4n) is 2.37. The first-order valence-corrected chi connectivity index (χ1v) is 7.33. The molecule has 1 fully saturated rings. The number of nitrogens with zero attached hydrogens (tertiary/aromatic N) is 2. The minimum absolute atomic E-state index is 0.0963. The van der Waals surface area contributed by atoms with Crippen molar-refractivity contribution < 1.29 is 18.3 Å². The Labute approximate surface area is 128 Å². The Morgan fingerprint density at radius 3 is 2.59 bits per heavy atom. The van der Waals surface area contributed by atoms with E-state index in [1.807, 2.05) is 4.90 Å². The van der Waals surface area contributed by atoms with Gasteiger partial charge in [0.25, 0.3) is 0 Å². The van der Waals surface area contributed by atoms with Gasteiger partial charge in [-0.2, -0.15) is 0 Å². The van der Waals surface area contributed by atoms with Crippen molar-refractivity contribution in [1.82, 2.24) is 10.2 Å². The number of hydrogen-bond donors (Lipinski definition) is 1. The Balaban J connectivity index is 1.79. The number of carbonyl (C=O) groups excluding carboxylic acids is 1. The first-order chi connectivity index (χ1) is 10.6. The number of nitrogens with one attached hydrogen (secondary N) is 1. The lowest BCUT2D eigenvalue weighted by Crippen LogP contribution is -2.52. The predicted octanol–water partition coefficient (Wildman–Crippen LogP) is 1.83. The smallest absolute Gasteiger partial charge is 0.317 e. The topological polar surface area (TPSA) is 44.8 Å². The summed E-state index contributed by atoms with van der Waals surface area (Å²) >= 11 is 0. The first-order valence-electron chi connectivity index (χ1n) is 7.33. The van der Waals surface area contributed by atoms with E-state index in [2.05, 4.69) is 5.32 Å². The number of hydrogen-bond acceptors (Lipinski definition) is 3. The van der Waals surface area contributed by atoms with Gasteiger partial charge >= 0.3 is 6.03 Å². The van der Waals surface area contributed by atoms with E-state index in [-0.39, 0.29) is 6.03 Å². The maximum atomic E-state index is 13.3. The second-order valence-electron chi connectivity index (χ2n) is 5.15. The van der Waals surface area contributed by atoms with E-state index in [9.17, 15) is 13.6 Å². The van der Waals surface area contributed by atoms with Crippen molar-refractivity contribution in [3.05, 3.63) is 29.8 Å². The van der Waals surface area contributed by atoms with Crippen LogP contribution in [-0.2, 0) is 4.74 Å². The van der Waals surface area contributed by atoms with Crippen LogP contribution in [0.3, 0.4) is 0 Å². The van der Waals surface area contributed by atoms with Crippen LogP contribution in [0, 0.1) is 11.6 Å². The third-order valence-corrected chi connectivity index (χ3v) is 3.64. The summed E-state index contributed by atoms with van der Waals surface area (Å²) in [6.45, 7) is 3.48. The minimum Gasteiger partial charge on any atom is -0.385 e. The van der Waals surface area contributed by atoms with E-state index in [4.69, 9.17) is 4.74 Å². The number of ether oxygens (including phenoxy) is 1. The minimum atomic E-state index is -0.851. The maximum Gasteiger partial charge on any atom is 0.317 e. The van der Waals surface area contributed by atoms with Crippen molar-refractivity contribution in [1.29, 1.82) is 0 Å². The van der Waals surface area contributed by atoms with Crippen LogP contribution in [0.5, 0.6) is 0 Å². The van der Waals surface area contributed by atoms with Crippen LogP contribution in [-0.4, -0.2) is 57.4 Å². The highest BCUT2D eigenvalue weighted by Crippen LogP contribution is 2.19. The van der Waals surface area contributed by atoms with Crippen LogP contribution in [0.1, 0.15) is 6.42 Å².